The van der Waals surface area contributed by atoms with Gasteiger partial charge in [-0.25, -0.2) is 4.39 Å². The number of aliphatic imine (C=N–C) groups is 1. The quantitative estimate of drug-likeness (QED) is 0.672. The van der Waals surface area contributed by atoms with Gasteiger partial charge in [-0.1, -0.05) is 6.42 Å². The summed E-state index contributed by atoms with van der Waals surface area (Å²) in [6.45, 7) is 4.03. The van der Waals surface area contributed by atoms with Gasteiger partial charge in [0.2, 0.25) is 0 Å². The summed E-state index contributed by atoms with van der Waals surface area (Å²) in [5, 5.41) is 0. The summed E-state index contributed by atoms with van der Waals surface area (Å²) in [6.07, 6.45) is 4.82. The van der Waals surface area contributed by atoms with Gasteiger partial charge in [0.25, 0.3) is 0 Å². The summed E-state index contributed by atoms with van der Waals surface area (Å²) < 4.78 is 12.9. The molecule has 0 atom stereocenters. The molecule has 1 aliphatic rings. The van der Waals surface area contributed by atoms with Crippen molar-refractivity contribution < 1.29 is 9.18 Å². The van der Waals surface area contributed by atoms with Crippen LogP contribution in [0.2, 0.25) is 0 Å². The van der Waals surface area contributed by atoms with Gasteiger partial charge in [0, 0.05) is 6.20 Å². The monoisotopic (exact) mass is 303 g/mol. The Morgan fingerprint density at radius 3 is 2.50 bits per heavy atom. The van der Waals surface area contributed by atoms with Crippen LogP contribution in [0.15, 0.2) is 41.0 Å². The first-order valence-electron chi connectivity index (χ1n) is 7.59. The fourth-order valence-electron chi connectivity index (χ4n) is 2.59. The molecule has 0 unspecified atom stereocenters. The smallest absolute Gasteiger partial charge is 0.180 e. The van der Waals surface area contributed by atoms with E-state index in [1.54, 1.807) is 19.1 Å². The number of halogens is 1. The Morgan fingerprint density at radius 1 is 1.27 bits per heavy atom. The normalized spacial score (nSPS) is 17.5. The second-order valence-corrected chi connectivity index (χ2v) is 5.51. The largest absolute Gasteiger partial charge is 0.404 e. The number of carbonyl (C=O) groups is 1. The maximum atomic E-state index is 12.9. The van der Waals surface area contributed by atoms with Crippen molar-refractivity contribution in [1.29, 1.82) is 0 Å². The molecule has 0 aromatic heterocycles. The first kappa shape index (κ1) is 16.4. The highest BCUT2D eigenvalue weighted by Gasteiger charge is 2.18. The average Bonchev–Trinajstić information content (AvgIpc) is 2.51. The molecule has 1 aromatic carbocycles. The fraction of sp³-hybridized carbons (Fsp3) is 0.412. The average molecular weight is 303 g/mol. The van der Waals surface area contributed by atoms with E-state index in [9.17, 15) is 9.18 Å². The number of hydrogen-bond donors (Lipinski definition) is 1. The van der Waals surface area contributed by atoms with Crippen molar-refractivity contribution in [2.24, 2.45) is 10.7 Å². The van der Waals surface area contributed by atoms with Crippen LogP contribution in [0.3, 0.4) is 0 Å². The zero-order valence-electron chi connectivity index (χ0n) is 12.9. The second kappa shape index (κ2) is 7.84. The highest BCUT2D eigenvalue weighted by Crippen LogP contribution is 2.15. The van der Waals surface area contributed by atoms with Gasteiger partial charge in [-0.2, -0.15) is 0 Å². The molecule has 0 bridgehead atoms. The summed E-state index contributed by atoms with van der Waals surface area (Å²) in [5.74, 6) is -0.333. The third-order valence-corrected chi connectivity index (χ3v) is 3.80. The number of Topliss-reactive ketones (excluding diaryl/α,β-unsaturated/α-hetero) is 1. The van der Waals surface area contributed by atoms with Crippen LogP contribution >= 0.6 is 0 Å². The molecule has 1 fully saturated rings. The van der Waals surface area contributed by atoms with E-state index in [-0.39, 0.29) is 11.6 Å². The summed E-state index contributed by atoms with van der Waals surface area (Å²) in [6, 6.07) is 5.82. The molecule has 1 heterocycles. The SMILES string of the molecule is CC(=Nc1ccc(F)cc1)C(=CN)C(=O)CN1CCCCC1. The van der Waals surface area contributed by atoms with Crippen LogP contribution in [0, 0.1) is 5.82 Å². The lowest BCUT2D eigenvalue weighted by atomic mass is 10.1. The van der Waals surface area contributed by atoms with Gasteiger partial charge >= 0.3 is 0 Å². The third-order valence-electron chi connectivity index (χ3n) is 3.80. The van der Waals surface area contributed by atoms with Crippen LogP contribution in [-0.4, -0.2) is 36.0 Å². The number of carbonyl (C=O) groups excluding carboxylic acids is 1. The molecular weight excluding hydrogens is 281 g/mol. The van der Waals surface area contributed by atoms with E-state index >= 15 is 0 Å². The molecule has 0 aliphatic carbocycles. The van der Waals surface area contributed by atoms with E-state index in [1.807, 2.05) is 0 Å². The van der Waals surface area contributed by atoms with Crippen molar-refractivity contribution in [2.75, 3.05) is 19.6 Å². The number of nitrogens with two attached hydrogens (primary N) is 1. The molecule has 1 aliphatic heterocycles. The van der Waals surface area contributed by atoms with Crippen molar-refractivity contribution >= 4 is 17.2 Å². The molecule has 0 spiro atoms. The summed E-state index contributed by atoms with van der Waals surface area (Å²) in [7, 11) is 0. The van der Waals surface area contributed by atoms with Crippen LogP contribution in [0.1, 0.15) is 26.2 Å². The minimum absolute atomic E-state index is 0.0206. The van der Waals surface area contributed by atoms with Crippen LogP contribution in [0.25, 0.3) is 0 Å². The minimum Gasteiger partial charge on any atom is -0.404 e. The number of piperidine rings is 1. The Balaban J connectivity index is 2.06. The topological polar surface area (TPSA) is 58.7 Å². The molecule has 1 saturated heterocycles. The number of ketones is 1. The molecule has 5 heteroatoms. The number of hydrogen-bond acceptors (Lipinski definition) is 4. The van der Waals surface area contributed by atoms with E-state index in [0.717, 1.165) is 25.9 Å². The Morgan fingerprint density at radius 2 is 1.91 bits per heavy atom. The lowest BCUT2D eigenvalue weighted by Crippen LogP contribution is -2.35. The number of rotatable bonds is 5. The minimum atomic E-state index is -0.313. The van der Waals surface area contributed by atoms with Gasteiger partial charge in [-0.15, -0.1) is 0 Å². The molecule has 118 valence electrons. The van der Waals surface area contributed by atoms with Crippen molar-refractivity contribution in [3.63, 3.8) is 0 Å². The molecule has 1 aromatic rings. The van der Waals surface area contributed by atoms with Gasteiger partial charge in [0.1, 0.15) is 5.82 Å². The molecule has 22 heavy (non-hydrogen) atoms. The molecule has 4 nitrogen and oxygen atoms in total. The molecule has 2 N–H and O–H groups in total. The van der Waals surface area contributed by atoms with Crippen LogP contribution in [0.4, 0.5) is 10.1 Å². The third kappa shape index (κ3) is 4.49. The van der Waals surface area contributed by atoms with E-state index in [2.05, 4.69) is 9.89 Å². The second-order valence-electron chi connectivity index (χ2n) is 5.51. The first-order chi connectivity index (χ1) is 10.6. The van der Waals surface area contributed by atoms with E-state index in [0.29, 0.717) is 23.5 Å². The maximum absolute atomic E-state index is 12.9. The van der Waals surface area contributed by atoms with Crippen LogP contribution in [-0.2, 0) is 4.79 Å². The predicted octanol–water partition coefficient (Wildman–Crippen LogP) is 2.82. The molecule has 0 radical (unpaired) electrons. The maximum Gasteiger partial charge on any atom is 0.180 e. The fourth-order valence-corrected chi connectivity index (χ4v) is 2.59. The Bertz CT molecular complexity index is 572. The Labute approximate surface area is 130 Å². The zero-order valence-corrected chi connectivity index (χ0v) is 12.9. The van der Waals surface area contributed by atoms with Crippen molar-refractivity contribution in [3.05, 3.63) is 41.9 Å². The number of benzene rings is 1. The molecule has 0 saturated carbocycles. The number of likely N-dealkylation sites (tertiary alicyclic amines) is 1. The standard InChI is InChI=1S/C17H22FN3O/c1-13(20-15-7-5-14(18)6-8-15)16(11-19)17(22)12-21-9-3-2-4-10-21/h5-8,11H,2-4,9-10,12,19H2,1H3. The van der Waals surface area contributed by atoms with E-state index < -0.39 is 0 Å². The van der Waals surface area contributed by atoms with E-state index in [1.165, 1.54) is 24.8 Å². The zero-order chi connectivity index (χ0) is 15.9. The van der Waals surface area contributed by atoms with Crippen molar-refractivity contribution in [1.82, 2.24) is 4.90 Å². The van der Waals surface area contributed by atoms with Gasteiger partial charge < -0.3 is 5.73 Å². The molecular formula is C17H22FN3O. The van der Waals surface area contributed by atoms with Gasteiger partial charge in [-0.3, -0.25) is 14.7 Å². The lowest BCUT2D eigenvalue weighted by Gasteiger charge is -2.25. The van der Waals surface area contributed by atoms with Gasteiger partial charge in [0.15, 0.2) is 5.78 Å². The summed E-state index contributed by atoms with van der Waals surface area (Å²) in [5.41, 5.74) is 7.19. The summed E-state index contributed by atoms with van der Waals surface area (Å²) in [4.78, 5) is 18.9. The summed E-state index contributed by atoms with van der Waals surface area (Å²) >= 11 is 0. The van der Waals surface area contributed by atoms with Crippen LogP contribution in [0.5, 0.6) is 0 Å². The molecule has 0 amide bonds. The highest BCUT2D eigenvalue weighted by molar-refractivity contribution is 6.22. The Kier molecular flexibility index (Phi) is 5.83. The van der Waals surface area contributed by atoms with Crippen molar-refractivity contribution in [3.8, 4) is 0 Å². The van der Waals surface area contributed by atoms with Gasteiger partial charge in [-0.05, 0) is 57.1 Å². The first-order valence-corrected chi connectivity index (χ1v) is 7.59. The molecule has 2 rings (SSSR count). The lowest BCUT2D eigenvalue weighted by molar-refractivity contribution is -0.116. The van der Waals surface area contributed by atoms with Crippen molar-refractivity contribution in [2.45, 2.75) is 26.2 Å². The Hall–Kier alpha value is -2.01. The van der Waals surface area contributed by atoms with Crippen LogP contribution < -0.4 is 5.73 Å². The highest BCUT2D eigenvalue weighted by atomic mass is 19.1. The van der Waals surface area contributed by atoms with Gasteiger partial charge in [0.05, 0.1) is 23.5 Å². The predicted molar refractivity (Wildman–Crippen MR) is 86.7 cm³/mol. The number of nitrogens with zero attached hydrogens (tertiary/aromatic N) is 2. The van der Waals surface area contributed by atoms with E-state index in [4.69, 9.17) is 5.73 Å².